The molecule has 2 atom stereocenters. The van der Waals surface area contributed by atoms with Crippen LogP contribution in [0.3, 0.4) is 0 Å². The fourth-order valence-corrected chi connectivity index (χ4v) is 5.18. The summed E-state index contributed by atoms with van der Waals surface area (Å²) in [6.45, 7) is 1.80. The lowest BCUT2D eigenvalue weighted by atomic mass is 9.86. The van der Waals surface area contributed by atoms with Crippen LogP contribution in [0.2, 0.25) is 0 Å². The zero-order valence-electron chi connectivity index (χ0n) is 20.1. The minimum Gasteiger partial charge on any atom is -0.481 e. The summed E-state index contributed by atoms with van der Waals surface area (Å²) in [6.07, 6.45) is 1.31. The lowest BCUT2D eigenvalue weighted by Gasteiger charge is -2.27. The maximum atomic E-state index is 12.9. The summed E-state index contributed by atoms with van der Waals surface area (Å²) in [4.78, 5) is 37.5. The number of carboxylic acids is 1. The molecule has 0 aliphatic heterocycles. The molecule has 186 valence electrons. The summed E-state index contributed by atoms with van der Waals surface area (Å²) in [6, 6.07) is 15.1. The smallest absolute Gasteiger partial charge is 0.407 e. The lowest BCUT2D eigenvalue weighted by Crippen LogP contribution is -2.55. The molecule has 0 spiro atoms. The largest absolute Gasteiger partial charge is 0.481 e. The van der Waals surface area contributed by atoms with Gasteiger partial charge >= 0.3 is 12.1 Å². The molecule has 0 bridgehead atoms. The highest BCUT2D eigenvalue weighted by Crippen LogP contribution is 2.44. The molecule has 3 N–H and O–H groups in total. The first-order valence-corrected chi connectivity index (χ1v) is 12.0. The number of carbonyl (C=O) groups excluding carboxylic acids is 2. The Morgan fingerprint density at radius 2 is 1.60 bits per heavy atom. The number of fused-ring (bicyclic) bond motifs is 3. The number of carboxylic acid groups (broad SMARTS) is 1. The van der Waals surface area contributed by atoms with Crippen LogP contribution in [0.25, 0.3) is 11.1 Å². The summed E-state index contributed by atoms with van der Waals surface area (Å²) < 4.78 is 10.9. The van der Waals surface area contributed by atoms with E-state index in [2.05, 4.69) is 22.8 Å². The van der Waals surface area contributed by atoms with Crippen LogP contribution in [0, 0.1) is 5.41 Å². The minimum atomic E-state index is -1.03. The van der Waals surface area contributed by atoms with Gasteiger partial charge in [0.15, 0.2) is 0 Å². The van der Waals surface area contributed by atoms with Gasteiger partial charge in [-0.15, -0.1) is 0 Å². The van der Waals surface area contributed by atoms with Gasteiger partial charge in [-0.2, -0.15) is 0 Å². The van der Waals surface area contributed by atoms with Crippen LogP contribution in [-0.2, 0) is 19.1 Å². The van der Waals surface area contributed by atoms with E-state index in [0.717, 1.165) is 35.1 Å². The highest BCUT2D eigenvalue weighted by atomic mass is 16.5. The number of rotatable bonds is 9. The van der Waals surface area contributed by atoms with Crippen LogP contribution < -0.4 is 10.6 Å². The molecule has 0 saturated heterocycles. The van der Waals surface area contributed by atoms with Crippen molar-refractivity contribution >= 4 is 18.0 Å². The summed E-state index contributed by atoms with van der Waals surface area (Å²) in [5.74, 6) is -1.51. The molecule has 1 saturated carbocycles. The molecule has 1 fully saturated rings. The Balaban J connectivity index is 1.39. The van der Waals surface area contributed by atoms with E-state index in [-0.39, 0.29) is 19.1 Å². The van der Waals surface area contributed by atoms with E-state index in [1.807, 2.05) is 36.4 Å². The van der Waals surface area contributed by atoms with Gasteiger partial charge in [-0.1, -0.05) is 61.4 Å². The molecule has 0 unspecified atom stereocenters. The first-order chi connectivity index (χ1) is 16.9. The number of nitrogens with one attached hydrogen (secondary N) is 2. The van der Waals surface area contributed by atoms with Crippen LogP contribution in [-0.4, -0.2) is 55.5 Å². The zero-order chi connectivity index (χ0) is 25.0. The normalized spacial score (nSPS) is 17.7. The predicted octanol–water partition coefficient (Wildman–Crippen LogP) is 3.69. The van der Waals surface area contributed by atoms with Gasteiger partial charge in [-0.05, 0) is 42.0 Å². The van der Waals surface area contributed by atoms with Gasteiger partial charge in [0.05, 0.1) is 11.5 Å². The van der Waals surface area contributed by atoms with Crippen molar-refractivity contribution in [3.8, 4) is 11.1 Å². The molecule has 8 heteroatoms. The molecular weight excluding hydrogens is 448 g/mol. The summed E-state index contributed by atoms with van der Waals surface area (Å²) in [5, 5.41) is 15.0. The molecule has 2 aliphatic rings. The number of carbonyl (C=O) groups is 3. The number of aliphatic carboxylic acids is 1. The quantitative estimate of drug-likeness (QED) is 0.504. The van der Waals surface area contributed by atoms with Crippen LogP contribution in [0.15, 0.2) is 48.5 Å². The van der Waals surface area contributed by atoms with Gasteiger partial charge in [0.2, 0.25) is 5.91 Å². The van der Waals surface area contributed by atoms with Gasteiger partial charge in [0.25, 0.3) is 0 Å². The van der Waals surface area contributed by atoms with Gasteiger partial charge in [0, 0.05) is 19.6 Å². The van der Waals surface area contributed by atoms with Crippen LogP contribution >= 0.6 is 0 Å². The number of hydrogen-bond donors (Lipinski definition) is 3. The Kier molecular flexibility index (Phi) is 7.40. The van der Waals surface area contributed by atoms with Crippen molar-refractivity contribution in [1.82, 2.24) is 10.6 Å². The highest BCUT2D eigenvalue weighted by molar-refractivity contribution is 5.87. The molecule has 2 amide bonds. The fraction of sp³-hybridized carbons (Fsp3) is 0.444. The molecule has 8 nitrogen and oxygen atoms in total. The molecule has 2 aromatic rings. The van der Waals surface area contributed by atoms with E-state index in [9.17, 15) is 19.5 Å². The van der Waals surface area contributed by atoms with Gasteiger partial charge in [0.1, 0.15) is 12.6 Å². The number of alkyl carbamates (subject to hydrolysis) is 1. The molecule has 4 rings (SSSR count). The minimum absolute atomic E-state index is 0.0144. The average molecular weight is 481 g/mol. The van der Waals surface area contributed by atoms with Crippen molar-refractivity contribution < 1.29 is 29.0 Å². The second-order valence-corrected chi connectivity index (χ2v) is 9.40. The second-order valence-electron chi connectivity index (χ2n) is 9.40. The number of ether oxygens (including phenoxy) is 2. The Morgan fingerprint density at radius 1 is 1.03 bits per heavy atom. The third kappa shape index (κ3) is 5.03. The Labute approximate surface area is 205 Å². The maximum Gasteiger partial charge on any atom is 0.407 e. The maximum absolute atomic E-state index is 12.9. The standard InChI is InChI=1S/C27H32N2O6/c1-17(34-2)23(24(30)28-16-27(25(31)32)13-7-8-14-27)29-26(33)35-15-22-20-11-5-3-9-18(20)19-10-4-6-12-21(19)22/h3-6,9-12,17,22-23H,7-8,13-16H2,1-2H3,(H,28,30)(H,29,33)(H,31,32)/t17-,23+/m1/s1. The van der Waals surface area contributed by atoms with Crippen molar-refractivity contribution in [3.63, 3.8) is 0 Å². The predicted molar refractivity (Wildman–Crippen MR) is 130 cm³/mol. The van der Waals surface area contributed by atoms with E-state index in [4.69, 9.17) is 9.47 Å². The van der Waals surface area contributed by atoms with Crippen LogP contribution in [0.4, 0.5) is 4.79 Å². The zero-order valence-corrected chi connectivity index (χ0v) is 20.1. The summed E-state index contributed by atoms with van der Waals surface area (Å²) >= 11 is 0. The second kappa shape index (κ2) is 10.5. The van der Waals surface area contributed by atoms with E-state index in [1.54, 1.807) is 6.92 Å². The van der Waals surface area contributed by atoms with E-state index < -0.39 is 35.5 Å². The Bertz CT molecular complexity index is 1050. The van der Waals surface area contributed by atoms with Crippen molar-refractivity contribution in [2.75, 3.05) is 20.3 Å². The van der Waals surface area contributed by atoms with Crippen molar-refractivity contribution in [1.29, 1.82) is 0 Å². The van der Waals surface area contributed by atoms with Gasteiger partial charge in [-0.25, -0.2) is 4.79 Å². The third-order valence-electron chi connectivity index (χ3n) is 7.36. The fourth-order valence-electron chi connectivity index (χ4n) is 5.18. The molecule has 2 aromatic carbocycles. The topological polar surface area (TPSA) is 114 Å². The molecule has 0 heterocycles. The van der Waals surface area contributed by atoms with Crippen LogP contribution in [0.5, 0.6) is 0 Å². The number of methoxy groups -OCH3 is 1. The molecule has 0 aromatic heterocycles. The molecule has 35 heavy (non-hydrogen) atoms. The first kappa shape index (κ1) is 24.7. The van der Waals surface area contributed by atoms with Crippen LogP contribution in [0.1, 0.15) is 49.7 Å². The molecular formula is C27H32N2O6. The summed E-state index contributed by atoms with van der Waals surface area (Å²) in [5.41, 5.74) is 3.48. The van der Waals surface area contributed by atoms with Crippen molar-refractivity contribution in [2.45, 2.75) is 50.7 Å². The Hall–Kier alpha value is -3.39. The van der Waals surface area contributed by atoms with Gasteiger partial charge in [-0.3, -0.25) is 9.59 Å². The number of hydrogen-bond acceptors (Lipinski definition) is 5. The first-order valence-electron chi connectivity index (χ1n) is 12.0. The third-order valence-corrected chi connectivity index (χ3v) is 7.36. The Morgan fingerprint density at radius 3 is 2.14 bits per heavy atom. The van der Waals surface area contributed by atoms with Gasteiger partial charge < -0.3 is 25.2 Å². The van der Waals surface area contributed by atoms with Crippen molar-refractivity contribution in [2.24, 2.45) is 5.41 Å². The monoisotopic (exact) mass is 480 g/mol. The number of benzene rings is 2. The average Bonchev–Trinajstić information content (AvgIpc) is 3.48. The van der Waals surface area contributed by atoms with Crippen molar-refractivity contribution in [3.05, 3.63) is 59.7 Å². The summed E-state index contributed by atoms with van der Waals surface area (Å²) in [7, 11) is 1.44. The SMILES string of the molecule is CO[C@H](C)[C@H](NC(=O)OCC1c2ccccc2-c2ccccc21)C(=O)NCC1(C(=O)O)CCCC1. The van der Waals surface area contributed by atoms with E-state index >= 15 is 0 Å². The van der Waals surface area contributed by atoms with E-state index in [1.165, 1.54) is 7.11 Å². The van der Waals surface area contributed by atoms with E-state index in [0.29, 0.717) is 12.8 Å². The number of amides is 2. The lowest BCUT2D eigenvalue weighted by molar-refractivity contribution is -0.148. The molecule has 2 aliphatic carbocycles. The highest BCUT2D eigenvalue weighted by Gasteiger charge is 2.42. The molecule has 0 radical (unpaired) electrons.